The van der Waals surface area contributed by atoms with Crippen LogP contribution in [0.15, 0.2) is 0 Å². The van der Waals surface area contributed by atoms with E-state index in [0.717, 1.165) is 18.8 Å². The van der Waals surface area contributed by atoms with Crippen LogP contribution in [0.3, 0.4) is 0 Å². The Balaban J connectivity index is 2.52. The van der Waals surface area contributed by atoms with Crippen LogP contribution in [-0.2, 0) is 24.4 Å². The smallest absolute Gasteiger partial charge is 0.0641 e. The van der Waals surface area contributed by atoms with Crippen LogP contribution < -0.4 is 5.32 Å². The predicted octanol–water partition coefficient (Wildman–Crippen LogP) is 0.894. The van der Waals surface area contributed by atoms with Crippen molar-refractivity contribution in [2.24, 2.45) is 7.05 Å². The molecule has 4 nitrogen and oxygen atoms in total. The standard InChI is InChI=1S/C11H21N3OS/c1-8(16(5)15)6-12-7-11-9(2)13-14(4)10(11)3/h8,12H,6-7H2,1-5H3. The number of aryl methyl sites for hydroxylation is 2. The first-order valence-corrected chi connectivity index (χ1v) is 7.07. The van der Waals surface area contributed by atoms with Crippen LogP contribution in [0.5, 0.6) is 0 Å². The van der Waals surface area contributed by atoms with E-state index < -0.39 is 10.8 Å². The van der Waals surface area contributed by atoms with Crippen LogP contribution in [0.25, 0.3) is 0 Å². The molecule has 1 rings (SSSR count). The molecule has 16 heavy (non-hydrogen) atoms. The quantitative estimate of drug-likeness (QED) is 0.835. The minimum Gasteiger partial charge on any atom is -0.311 e. The summed E-state index contributed by atoms with van der Waals surface area (Å²) in [5.74, 6) is 0. The summed E-state index contributed by atoms with van der Waals surface area (Å²) in [5.41, 5.74) is 3.50. The lowest BCUT2D eigenvalue weighted by atomic mass is 10.2. The molecule has 92 valence electrons. The molecule has 0 aliphatic carbocycles. The van der Waals surface area contributed by atoms with Crippen molar-refractivity contribution in [2.45, 2.75) is 32.6 Å². The number of hydrogen-bond acceptors (Lipinski definition) is 3. The zero-order valence-corrected chi connectivity index (χ0v) is 11.5. The van der Waals surface area contributed by atoms with Crippen LogP contribution in [-0.4, -0.2) is 32.0 Å². The lowest BCUT2D eigenvalue weighted by molar-refractivity contribution is 0.644. The zero-order valence-electron chi connectivity index (χ0n) is 10.7. The first kappa shape index (κ1) is 13.4. The molecule has 0 radical (unpaired) electrons. The van der Waals surface area contributed by atoms with Crippen molar-refractivity contribution in [2.75, 3.05) is 12.8 Å². The number of aromatic nitrogens is 2. The molecule has 0 saturated heterocycles. The third kappa shape index (κ3) is 3.15. The minimum atomic E-state index is -0.757. The normalized spacial score (nSPS) is 15.1. The minimum absolute atomic E-state index is 0.192. The fraction of sp³-hybridized carbons (Fsp3) is 0.727. The summed E-state index contributed by atoms with van der Waals surface area (Å²) in [6, 6.07) is 0. The fourth-order valence-corrected chi connectivity index (χ4v) is 1.94. The Hall–Kier alpha value is -0.680. The van der Waals surface area contributed by atoms with Gasteiger partial charge in [0.1, 0.15) is 0 Å². The molecule has 0 bridgehead atoms. The molecule has 2 atom stereocenters. The van der Waals surface area contributed by atoms with E-state index >= 15 is 0 Å². The second-order valence-electron chi connectivity index (χ2n) is 4.21. The number of hydrogen-bond donors (Lipinski definition) is 1. The summed E-state index contributed by atoms with van der Waals surface area (Å²) in [4.78, 5) is 0. The summed E-state index contributed by atoms with van der Waals surface area (Å²) in [5, 5.41) is 7.88. The summed E-state index contributed by atoms with van der Waals surface area (Å²) >= 11 is 0. The SMILES string of the molecule is Cc1nn(C)c(C)c1CNCC(C)S(C)=O. The van der Waals surface area contributed by atoms with Gasteiger partial charge in [-0.05, 0) is 20.8 Å². The second kappa shape index (κ2) is 5.59. The van der Waals surface area contributed by atoms with Crippen LogP contribution in [0.1, 0.15) is 23.9 Å². The third-order valence-electron chi connectivity index (χ3n) is 2.96. The Morgan fingerprint density at radius 2 is 2.12 bits per heavy atom. The van der Waals surface area contributed by atoms with Gasteiger partial charge in [0, 0.05) is 53.7 Å². The van der Waals surface area contributed by atoms with Gasteiger partial charge >= 0.3 is 0 Å². The van der Waals surface area contributed by atoms with Gasteiger partial charge in [-0.15, -0.1) is 0 Å². The van der Waals surface area contributed by atoms with Crippen LogP contribution in [0.2, 0.25) is 0 Å². The first-order valence-electron chi connectivity index (χ1n) is 5.45. The van der Waals surface area contributed by atoms with Gasteiger partial charge in [-0.2, -0.15) is 5.10 Å². The maximum absolute atomic E-state index is 11.2. The van der Waals surface area contributed by atoms with E-state index in [2.05, 4.69) is 17.3 Å². The highest BCUT2D eigenvalue weighted by Crippen LogP contribution is 2.11. The lowest BCUT2D eigenvalue weighted by Crippen LogP contribution is -2.27. The van der Waals surface area contributed by atoms with Gasteiger partial charge in [0.05, 0.1) is 5.69 Å². The van der Waals surface area contributed by atoms with Crippen molar-refractivity contribution in [3.8, 4) is 0 Å². The first-order chi connectivity index (χ1) is 7.43. The van der Waals surface area contributed by atoms with Gasteiger partial charge in [-0.3, -0.25) is 8.89 Å². The highest BCUT2D eigenvalue weighted by molar-refractivity contribution is 7.84. The average molecular weight is 243 g/mol. The van der Waals surface area contributed by atoms with E-state index in [4.69, 9.17) is 0 Å². The van der Waals surface area contributed by atoms with E-state index in [1.807, 2.05) is 25.6 Å². The van der Waals surface area contributed by atoms with E-state index in [-0.39, 0.29) is 5.25 Å². The van der Waals surface area contributed by atoms with Crippen LogP contribution in [0, 0.1) is 13.8 Å². The van der Waals surface area contributed by atoms with Crippen molar-refractivity contribution in [1.29, 1.82) is 0 Å². The average Bonchev–Trinajstić information content (AvgIpc) is 2.44. The molecule has 1 aromatic heterocycles. The molecular formula is C11H21N3OS. The Morgan fingerprint density at radius 3 is 2.56 bits per heavy atom. The van der Waals surface area contributed by atoms with Crippen molar-refractivity contribution < 1.29 is 4.21 Å². The molecular weight excluding hydrogens is 222 g/mol. The number of rotatable bonds is 5. The second-order valence-corrected chi connectivity index (χ2v) is 6.02. The third-order valence-corrected chi connectivity index (χ3v) is 4.26. The summed E-state index contributed by atoms with van der Waals surface area (Å²) < 4.78 is 13.1. The largest absolute Gasteiger partial charge is 0.311 e. The van der Waals surface area contributed by atoms with Crippen LogP contribution >= 0.6 is 0 Å². The predicted molar refractivity (Wildman–Crippen MR) is 67.9 cm³/mol. The highest BCUT2D eigenvalue weighted by Gasteiger charge is 2.10. The molecule has 1 heterocycles. The molecule has 1 N–H and O–H groups in total. The van der Waals surface area contributed by atoms with Gasteiger partial charge in [0.15, 0.2) is 0 Å². The molecule has 5 heteroatoms. The van der Waals surface area contributed by atoms with Crippen molar-refractivity contribution >= 4 is 10.8 Å². The molecule has 0 amide bonds. The van der Waals surface area contributed by atoms with Gasteiger partial charge in [0.2, 0.25) is 0 Å². The van der Waals surface area contributed by atoms with Gasteiger partial charge in [-0.1, -0.05) is 0 Å². The van der Waals surface area contributed by atoms with Gasteiger partial charge < -0.3 is 5.32 Å². The highest BCUT2D eigenvalue weighted by atomic mass is 32.2. The van der Waals surface area contributed by atoms with E-state index in [1.54, 1.807) is 6.26 Å². The van der Waals surface area contributed by atoms with Gasteiger partial charge in [-0.25, -0.2) is 0 Å². The molecule has 0 spiro atoms. The Labute approximate surface area is 99.9 Å². The maximum Gasteiger partial charge on any atom is 0.0641 e. The molecule has 0 aromatic carbocycles. The molecule has 1 aromatic rings. The number of nitrogens with one attached hydrogen (secondary N) is 1. The number of nitrogens with zero attached hydrogens (tertiary/aromatic N) is 2. The Kier molecular flexibility index (Phi) is 4.68. The maximum atomic E-state index is 11.2. The molecule has 2 unspecified atom stereocenters. The van der Waals surface area contributed by atoms with E-state index in [0.29, 0.717) is 0 Å². The fourth-order valence-electron chi connectivity index (χ4n) is 1.59. The molecule has 0 fully saturated rings. The van der Waals surface area contributed by atoms with Crippen molar-refractivity contribution in [1.82, 2.24) is 15.1 Å². The zero-order chi connectivity index (χ0) is 12.3. The molecule has 0 saturated carbocycles. The summed E-state index contributed by atoms with van der Waals surface area (Å²) in [6.07, 6.45) is 1.74. The van der Waals surface area contributed by atoms with Gasteiger partial charge in [0.25, 0.3) is 0 Å². The monoisotopic (exact) mass is 243 g/mol. The Bertz CT molecular complexity index is 387. The molecule has 0 aliphatic rings. The van der Waals surface area contributed by atoms with Crippen molar-refractivity contribution in [3.05, 3.63) is 17.0 Å². The van der Waals surface area contributed by atoms with E-state index in [1.165, 1.54) is 11.3 Å². The molecule has 0 aliphatic heterocycles. The van der Waals surface area contributed by atoms with Crippen molar-refractivity contribution in [3.63, 3.8) is 0 Å². The Morgan fingerprint density at radius 1 is 1.50 bits per heavy atom. The summed E-state index contributed by atoms with van der Waals surface area (Å²) in [7, 11) is 1.20. The topological polar surface area (TPSA) is 46.9 Å². The summed E-state index contributed by atoms with van der Waals surface area (Å²) in [6.45, 7) is 7.65. The van der Waals surface area contributed by atoms with Crippen LogP contribution in [0.4, 0.5) is 0 Å². The lowest BCUT2D eigenvalue weighted by Gasteiger charge is -2.10. The van der Waals surface area contributed by atoms with E-state index in [9.17, 15) is 4.21 Å².